The summed E-state index contributed by atoms with van der Waals surface area (Å²) in [5.41, 5.74) is 0.511. The molecule has 0 aromatic rings. The van der Waals surface area contributed by atoms with Crippen LogP contribution in [0, 0.1) is 11.3 Å². The highest BCUT2D eigenvalue weighted by atomic mass is 15.0. The predicted octanol–water partition coefficient (Wildman–Crippen LogP) is 4.90. The van der Waals surface area contributed by atoms with Gasteiger partial charge in [0.25, 0.3) is 0 Å². The van der Waals surface area contributed by atoms with E-state index in [0.29, 0.717) is 5.41 Å². The Balaban J connectivity index is 1.86. The molecule has 2 fully saturated rings. The van der Waals surface area contributed by atoms with E-state index in [-0.39, 0.29) is 0 Å². The van der Waals surface area contributed by atoms with E-state index < -0.39 is 0 Å². The van der Waals surface area contributed by atoms with Crippen LogP contribution in [0.5, 0.6) is 0 Å². The first-order chi connectivity index (χ1) is 8.59. The van der Waals surface area contributed by atoms with Crippen molar-refractivity contribution in [2.75, 3.05) is 0 Å². The van der Waals surface area contributed by atoms with Gasteiger partial charge in [0.15, 0.2) is 0 Å². The summed E-state index contributed by atoms with van der Waals surface area (Å²) in [7, 11) is 0. The molecule has 2 aliphatic rings. The van der Waals surface area contributed by atoms with E-state index in [2.05, 4.69) is 26.1 Å². The summed E-state index contributed by atoms with van der Waals surface area (Å²) in [6.45, 7) is 7.37. The Kier molecular flexibility index (Phi) is 5.12. The van der Waals surface area contributed by atoms with Gasteiger partial charge in [0.05, 0.1) is 0 Å². The lowest BCUT2D eigenvalue weighted by Gasteiger charge is -2.42. The Hall–Kier alpha value is -0.0400. The maximum Gasteiger partial charge on any atom is 0.0121 e. The average molecular weight is 251 g/mol. The molecule has 0 aromatic carbocycles. The second-order valence-electron chi connectivity index (χ2n) is 7.49. The fourth-order valence-corrected chi connectivity index (χ4v) is 4.07. The third kappa shape index (κ3) is 3.73. The zero-order valence-electron chi connectivity index (χ0n) is 12.8. The van der Waals surface area contributed by atoms with Crippen LogP contribution in [0.3, 0.4) is 0 Å². The quantitative estimate of drug-likeness (QED) is 0.703. The van der Waals surface area contributed by atoms with E-state index >= 15 is 0 Å². The molecule has 0 aromatic heterocycles. The van der Waals surface area contributed by atoms with Gasteiger partial charge in [-0.15, -0.1) is 0 Å². The molecule has 106 valence electrons. The Morgan fingerprint density at radius 3 is 2.11 bits per heavy atom. The molecule has 0 spiro atoms. The molecule has 0 radical (unpaired) electrons. The van der Waals surface area contributed by atoms with Crippen LogP contribution in [0.25, 0.3) is 0 Å². The van der Waals surface area contributed by atoms with Crippen molar-refractivity contribution >= 4 is 0 Å². The van der Waals surface area contributed by atoms with Crippen LogP contribution < -0.4 is 5.32 Å². The smallest absolute Gasteiger partial charge is 0.0121 e. The van der Waals surface area contributed by atoms with Crippen molar-refractivity contribution in [3.63, 3.8) is 0 Å². The summed E-state index contributed by atoms with van der Waals surface area (Å²) in [5.74, 6) is 0.935. The summed E-state index contributed by atoms with van der Waals surface area (Å²) in [4.78, 5) is 0. The second-order valence-corrected chi connectivity index (χ2v) is 7.49. The Morgan fingerprint density at radius 2 is 1.50 bits per heavy atom. The van der Waals surface area contributed by atoms with Crippen LogP contribution in [0.15, 0.2) is 0 Å². The molecule has 1 heteroatoms. The molecular weight excluding hydrogens is 218 g/mol. The van der Waals surface area contributed by atoms with Crippen molar-refractivity contribution in [1.29, 1.82) is 0 Å². The van der Waals surface area contributed by atoms with Crippen LogP contribution in [-0.4, -0.2) is 12.1 Å². The lowest BCUT2D eigenvalue weighted by Crippen LogP contribution is -2.49. The summed E-state index contributed by atoms with van der Waals surface area (Å²) < 4.78 is 0. The summed E-state index contributed by atoms with van der Waals surface area (Å²) >= 11 is 0. The first-order valence-corrected chi connectivity index (χ1v) is 8.36. The van der Waals surface area contributed by atoms with Gasteiger partial charge < -0.3 is 5.32 Å². The van der Waals surface area contributed by atoms with Crippen LogP contribution >= 0.6 is 0 Å². The summed E-state index contributed by atoms with van der Waals surface area (Å²) in [6, 6.07) is 1.48. The largest absolute Gasteiger partial charge is 0.311 e. The number of nitrogens with one attached hydrogen (secondary N) is 1. The highest BCUT2D eigenvalue weighted by molar-refractivity contribution is 4.90. The van der Waals surface area contributed by atoms with Crippen LogP contribution in [0.4, 0.5) is 0 Å². The fraction of sp³-hybridized carbons (Fsp3) is 1.00. The van der Waals surface area contributed by atoms with E-state index in [1.165, 1.54) is 64.2 Å². The number of hydrogen-bond donors (Lipinski definition) is 1. The van der Waals surface area contributed by atoms with Gasteiger partial charge in [0.2, 0.25) is 0 Å². The molecule has 1 unspecified atom stereocenters. The Bertz CT molecular complexity index is 238. The highest BCUT2D eigenvalue weighted by Gasteiger charge is 2.33. The van der Waals surface area contributed by atoms with E-state index in [9.17, 15) is 0 Å². The SMILES string of the molecule is C[C@@H](NC1CCCCC1(C)C)C1CCCCCC1. The van der Waals surface area contributed by atoms with Gasteiger partial charge in [-0.25, -0.2) is 0 Å². The topological polar surface area (TPSA) is 12.0 Å². The molecule has 1 nitrogen and oxygen atoms in total. The maximum absolute atomic E-state index is 4.01. The molecule has 2 rings (SSSR count). The molecular formula is C17H33N. The molecule has 0 aliphatic heterocycles. The lowest BCUT2D eigenvalue weighted by atomic mass is 9.72. The van der Waals surface area contributed by atoms with Gasteiger partial charge in [-0.05, 0) is 43.9 Å². The third-order valence-electron chi connectivity index (χ3n) is 5.58. The number of rotatable bonds is 3. The third-order valence-corrected chi connectivity index (χ3v) is 5.58. The average Bonchev–Trinajstić information content (AvgIpc) is 2.60. The standard InChI is InChI=1S/C17H33N/c1-14(15-10-6-4-5-7-11-15)18-16-12-8-9-13-17(16,2)3/h14-16,18H,4-13H2,1-3H3/t14-,16?/m1/s1. The van der Waals surface area contributed by atoms with Crippen molar-refractivity contribution < 1.29 is 0 Å². The van der Waals surface area contributed by atoms with Gasteiger partial charge in [-0.1, -0.05) is 52.4 Å². The minimum absolute atomic E-state index is 0.511. The predicted molar refractivity (Wildman–Crippen MR) is 79.8 cm³/mol. The zero-order valence-corrected chi connectivity index (χ0v) is 12.8. The molecule has 2 saturated carbocycles. The Morgan fingerprint density at radius 1 is 0.889 bits per heavy atom. The van der Waals surface area contributed by atoms with Gasteiger partial charge in [-0.3, -0.25) is 0 Å². The molecule has 0 amide bonds. The van der Waals surface area contributed by atoms with E-state index in [0.717, 1.165) is 18.0 Å². The van der Waals surface area contributed by atoms with Gasteiger partial charge in [0.1, 0.15) is 0 Å². The van der Waals surface area contributed by atoms with E-state index in [1.807, 2.05) is 0 Å². The van der Waals surface area contributed by atoms with Crippen molar-refractivity contribution in [3.05, 3.63) is 0 Å². The highest BCUT2D eigenvalue weighted by Crippen LogP contribution is 2.36. The molecule has 1 N–H and O–H groups in total. The molecule has 0 saturated heterocycles. The first-order valence-electron chi connectivity index (χ1n) is 8.36. The van der Waals surface area contributed by atoms with Crippen molar-refractivity contribution in [2.24, 2.45) is 11.3 Å². The van der Waals surface area contributed by atoms with Gasteiger partial charge >= 0.3 is 0 Å². The Labute approximate surface area is 114 Å². The van der Waals surface area contributed by atoms with Crippen molar-refractivity contribution in [2.45, 2.75) is 97.1 Å². The van der Waals surface area contributed by atoms with Crippen LogP contribution in [-0.2, 0) is 0 Å². The van der Waals surface area contributed by atoms with Crippen LogP contribution in [0.1, 0.15) is 85.0 Å². The summed E-state index contributed by atoms with van der Waals surface area (Å²) in [5, 5.41) is 4.01. The zero-order chi connectivity index (χ0) is 13.0. The van der Waals surface area contributed by atoms with E-state index in [4.69, 9.17) is 0 Å². The fourth-order valence-electron chi connectivity index (χ4n) is 4.07. The molecule has 2 aliphatic carbocycles. The van der Waals surface area contributed by atoms with E-state index in [1.54, 1.807) is 0 Å². The second kappa shape index (κ2) is 6.41. The first kappa shape index (κ1) is 14.4. The molecule has 0 heterocycles. The summed E-state index contributed by atoms with van der Waals surface area (Å²) in [6.07, 6.45) is 14.4. The van der Waals surface area contributed by atoms with Crippen molar-refractivity contribution in [1.82, 2.24) is 5.32 Å². The number of hydrogen-bond acceptors (Lipinski definition) is 1. The monoisotopic (exact) mass is 251 g/mol. The van der Waals surface area contributed by atoms with Crippen molar-refractivity contribution in [3.8, 4) is 0 Å². The van der Waals surface area contributed by atoms with Gasteiger partial charge in [0, 0.05) is 12.1 Å². The minimum atomic E-state index is 0.511. The molecule has 0 bridgehead atoms. The molecule has 2 atom stereocenters. The normalized spacial score (nSPS) is 31.8. The van der Waals surface area contributed by atoms with Crippen LogP contribution in [0.2, 0.25) is 0 Å². The van der Waals surface area contributed by atoms with Gasteiger partial charge in [-0.2, -0.15) is 0 Å². The minimum Gasteiger partial charge on any atom is -0.311 e. The maximum atomic E-state index is 4.01. The lowest BCUT2D eigenvalue weighted by molar-refractivity contribution is 0.143. The molecule has 18 heavy (non-hydrogen) atoms.